The molecule has 1 amide bonds. The second-order valence-corrected chi connectivity index (χ2v) is 7.62. The van der Waals surface area contributed by atoms with Gasteiger partial charge in [-0.2, -0.15) is 0 Å². The number of amides is 1. The normalized spacial score (nSPS) is 12.2. The first-order valence-corrected chi connectivity index (χ1v) is 9.88. The van der Waals surface area contributed by atoms with Crippen molar-refractivity contribution < 1.29 is 14.3 Å². The van der Waals surface area contributed by atoms with Crippen LogP contribution in [0.2, 0.25) is 10.0 Å². The van der Waals surface area contributed by atoms with Crippen LogP contribution in [0, 0.1) is 0 Å². The maximum atomic E-state index is 12.6. The average molecular weight is 426 g/mol. The van der Waals surface area contributed by atoms with Gasteiger partial charge in [0.15, 0.2) is 0 Å². The molecule has 4 nitrogen and oxygen atoms in total. The van der Waals surface area contributed by atoms with Gasteiger partial charge in [0.2, 0.25) is 0 Å². The number of hydrogen-bond acceptors (Lipinski definition) is 3. The van der Waals surface area contributed by atoms with Crippen LogP contribution in [0.4, 0.5) is 0 Å². The monoisotopic (exact) mass is 425 g/mol. The number of fused-ring (bicyclic) bond motifs is 1. The summed E-state index contributed by atoms with van der Waals surface area (Å²) in [4.78, 5) is 23.7. The fourth-order valence-electron chi connectivity index (χ4n) is 3.42. The summed E-state index contributed by atoms with van der Waals surface area (Å²) in [5, 5.41) is 3.68. The minimum Gasteiger partial charge on any atom is -0.493 e. The molecule has 0 saturated heterocycles. The quantitative estimate of drug-likeness (QED) is 0.561. The van der Waals surface area contributed by atoms with E-state index in [0.717, 1.165) is 40.7 Å². The van der Waals surface area contributed by atoms with Crippen LogP contribution >= 0.6 is 23.2 Å². The Bertz CT molecular complexity index is 1110. The summed E-state index contributed by atoms with van der Waals surface area (Å²) in [7, 11) is 0. The van der Waals surface area contributed by atoms with Crippen molar-refractivity contribution in [2.45, 2.75) is 13.0 Å². The summed E-state index contributed by atoms with van der Waals surface area (Å²) in [6.45, 7) is 0.901. The molecule has 0 bridgehead atoms. The van der Waals surface area contributed by atoms with Crippen LogP contribution in [0.1, 0.15) is 31.8 Å². The Balaban J connectivity index is 1.62. The predicted molar refractivity (Wildman–Crippen MR) is 114 cm³/mol. The molecule has 0 spiro atoms. The van der Waals surface area contributed by atoms with Gasteiger partial charge in [0.1, 0.15) is 12.0 Å². The van der Waals surface area contributed by atoms with Gasteiger partial charge < -0.3 is 10.1 Å². The third kappa shape index (κ3) is 4.14. The van der Waals surface area contributed by atoms with Crippen molar-refractivity contribution in [2.24, 2.45) is 0 Å². The Morgan fingerprint density at radius 3 is 2.72 bits per heavy atom. The van der Waals surface area contributed by atoms with Gasteiger partial charge in [-0.15, -0.1) is 0 Å². The second kappa shape index (κ2) is 8.27. The molecule has 3 aromatic carbocycles. The Kier molecular flexibility index (Phi) is 5.56. The van der Waals surface area contributed by atoms with Gasteiger partial charge in [0.25, 0.3) is 5.91 Å². The first-order valence-electron chi connectivity index (χ1n) is 9.12. The zero-order chi connectivity index (χ0) is 20.4. The van der Waals surface area contributed by atoms with E-state index in [1.807, 2.05) is 24.3 Å². The minimum absolute atomic E-state index is 0.285. The van der Waals surface area contributed by atoms with E-state index < -0.39 is 0 Å². The van der Waals surface area contributed by atoms with Crippen LogP contribution in [0.25, 0.3) is 11.1 Å². The van der Waals surface area contributed by atoms with Gasteiger partial charge in [-0.3, -0.25) is 9.59 Å². The molecule has 0 unspecified atom stereocenters. The number of halogens is 2. The summed E-state index contributed by atoms with van der Waals surface area (Å²) in [6.07, 6.45) is 1.64. The van der Waals surface area contributed by atoms with E-state index >= 15 is 0 Å². The number of carbonyl (C=O) groups is 2. The molecule has 6 heteroatoms. The van der Waals surface area contributed by atoms with Crippen LogP contribution in [-0.4, -0.2) is 18.8 Å². The molecule has 0 saturated carbocycles. The standard InChI is InChI=1S/C23H17Cl2NO3/c24-19-4-5-20(21(25)11-19)23(28)26-12-18-10-17(9-16-6-7-29-22(16)18)15-3-1-2-14(8-15)13-27/h1-5,8-11,13H,6-7,12H2,(H,26,28). The number of hydrogen-bond donors (Lipinski definition) is 1. The molecule has 146 valence electrons. The van der Waals surface area contributed by atoms with E-state index in [-0.39, 0.29) is 5.91 Å². The van der Waals surface area contributed by atoms with Crippen LogP contribution in [0.15, 0.2) is 54.6 Å². The maximum Gasteiger partial charge on any atom is 0.253 e. The molecule has 29 heavy (non-hydrogen) atoms. The van der Waals surface area contributed by atoms with Gasteiger partial charge >= 0.3 is 0 Å². The van der Waals surface area contributed by atoms with Crippen molar-refractivity contribution in [2.75, 3.05) is 6.61 Å². The summed E-state index contributed by atoms with van der Waals surface area (Å²) >= 11 is 12.0. The van der Waals surface area contributed by atoms with E-state index in [4.69, 9.17) is 27.9 Å². The predicted octanol–water partition coefficient (Wildman–Crippen LogP) is 5.34. The van der Waals surface area contributed by atoms with Gasteiger partial charge in [-0.1, -0.05) is 41.4 Å². The highest BCUT2D eigenvalue weighted by atomic mass is 35.5. The zero-order valence-corrected chi connectivity index (χ0v) is 16.9. The maximum absolute atomic E-state index is 12.6. The van der Waals surface area contributed by atoms with Crippen LogP contribution < -0.4 is 10.1 Å². The van der Waals surface area contributed by atoms with E-state index in [1.165, 1.54) is 0 Å². The lowest BCUT2D eigenvalue weighted by atomic mass is 9.97. The first-order chi connectivity index (χ1) is 14.0. The molecular formula is C23H17Cl2NO3. The van der Waals surface area contributed by atoms with E-state index in [0.29, 0.717) is 34.3 Å². The highest BCUT2D eigenvalue weighted by Gasteiger charge is 2.19. The Morgan fingerprint density at radius 2 is 1.93 bits per heavy atom. The Morgan fingerprint density at radius 1 is 1.07 bits per heavy atom. The van der Waals surface area contributed by atoms with Crippen molar-refractivity contribution in [3.05, 3.63) is 86.9 Å². The molecule has 3 aromatic rings. The lowest BCUT2D eigenvalue weighted by molar-refractivity contribution is 0.0950. The largest absolute Gasteiger partial charge is 0.493 e. The lowest BCUT2D eigenvalue weighted by Gasteiger charge is -2.13. The Hall–Kier alpha value is -2.82. The van der Waals surface area contributed by atoms with Crippen molar-refractivity contribution >= 4 is 35.4 Å². The molecule has 1 heterocycles. The van der Waals surface area contributed by atoms with Crippen molar-refractivity contribution in [1.82, 2.24) is 5.32 Å². The molecule has 0 atom stereocenters. The molecule has 0 aliphatic carbocycles. The molecule has 0 fully saturated rings. The third-order valence-corrected chi connectivity index (χ3v) is 5.38. The van der Waals surface area contributed by atoms with Crippen molar-refractivity contribution in [1.29, 1.82) is 0 Å². The molecule has 0 radical (unpaired) electrons. The number of rotatable bonds is 5. The van der Waals surface area contributed by atoms with Gasteiger partial charge in [0, 0.05) is 29.1 Å². The first kappa shape index (κ1) is 19.5. The van der Waals surface area contributed by atoms with Gasteiger partial charge in [-0.25, -0.2) is 0 Å². The molecule has 4 rings (SSSR count). The highest BCUT2D eigenvalue weighted by molar-refractivity contribution is 6.36. The van der Waals surface area contributed by atoms with Crippen LogP contribution in [0.5, 0.6) is 5.75 Å². The van der Waals surface area contributed by atoms with Crippen LogP contribution in [-0.2, 0) is 13.0 Å². The molecular weight excluding hydrogens is 409 g/mol. The summed E-state index contributed by atoms with van der Waals surface area (Å²) < 4.78 is 5.79. The van der Waals surface area contributed by atoms with Crippen molar-refractivity contribution in [3.8, 4) is 16.9 Å². The average Bonchev–Trinajstić information content (AvgIpc) is 3.20. The number of benzene rings is 3. The van der Waals surface area contributed by atoms with Crippen molar-refractivity contribution in [3.63, 3.8) is 0 Å². The number of nitrogens with one attached hydrogen (secondary N) is 1. The number of carbonyl (C=O) groups excluding carboxylic acids is 2. The molecule has 1 aliphatic heterocycles. The molecule has 1 aliphatic rings. The topological polar surface area (TPSA) is 55.4 Å². The molecule has 0 aromatic heterocycles. The fraction of sp³-hybridized carbons (Fsp3) is 0.130. The number of ether oxygens (including phenoxy) is 1. The smallest absolute Gasteiger partial charge is 0.253 e. The minimum atomic E-state index is -0.285. The molecule has 1 N–H and O–H groups in total. The summed E-state index contributed by atoms with van der Waals surface area (Å²) in [5.41, 5.74) is 4.87. The Labute approximate surface area is 178 Å². The third-order valence-electron chi connectivity index (χ3n) is 4.83. The summed E-state index contributed by atoms with van der Waals surface area (Å²) in [5.74, 6) is 0.523. The highest BCUT2D eigenvalue weighted by Crippen LogP contribution is 2.35. The van der Waals surface area contributed by atoms with E-state index in [9.17, 15) is 9.59 Å². The van der Waals surface area contributed by atoms with E-state index in [2.05, 4.69) is 11.4 Å². The van der Waals surface area contributed by atoms with E-state index in [1.54, 1.807) is 24.3 Å². The number of aldehydes is 1. The fourth-order valence-corrected chi connectivity index (χ4v) is 3.92. The lowest BCUT2D eigenvalue weighted by Crippen LogP contribution is -2.23. The summed E-state index contributed by atoms with van der Waals surface area (Å²) in [6, 6.07) is 16.3. The SMILES string of the molecule is O=Cc1cccc(-c2cc3c(c(CNC(=O)c4ccc(Cl)cc4Cl)c2)OCC3)c1. The zero-order valence-electron chi connectivity index (χ0n) is 15.4. The van der Waals surface area contributed by atoms with Crippen LogP contribution in [0.3, 0.4) is 0 Å². The van der Waals surface area contributed by atoms with Gasteiger partial charge in [-0.05, 0) is 53.1 Å². The second-order valence-electron chi connectivity index (χ2n) is 6.77. The van der Waals surface area contributed by atoms with Gasteiger partial charge in [0.05, 0.1) is 17.2 Å².